The highest BCUT2D eigenvalue weighted by atomic mass is 35.5. The molecule has 11 heteroatoms. The number of carbonyl (C=O) groups is 1. The maximum absolute atomic E-state index is 13.7. The van der Waals surface area contributed by atoms with Gasteiger partial charge >= 0.3 is 0 Å². The van der Waals surface area contributed by atoms with E-state index in [1.165, 1.54) is 28.8 Å². The SMILES string of the molecule is CCN(CC)C(=O)CSc1nc2c(sc(=S)n2-c2ccc(Cl)c(C)c2)c(=O)n1-c1ccc(F)cc1. The molecule has 0 aliphatic rings. The number of benzene rings is 2. The molecule has 0 aliphatic heterocycles. The summed E-state index contributed by atoms with van der Waals surface area (Å²) in [5, 5.41) is 0.944. The van der Waals surface area contributed by atoms with Crippen LogP contribution in [0.5, 0.6) is 0 Å². The number of hydrogen-bond acceptors (Lipinski definition) is 6. The molecular formula is C24H22ClFN4O2S3. The first-order valence-electron chi connectivity index (χ1n) is 10.9. The van der Waals surface area contributed by atoms with Gasteiger partial charge in [0.15, 0.2) is 14.8 Å². The first-order chi connectivity index (χ1) is 16.7. The van der Waals surface area contributed by atoms with Crippen LogP contribution >= 0.6 is 46.9 Å². The molecule has 1 amide bonds. The zero-order valence-corrected chi connectivity index (χ0v) is 22.5. The fraction of sp³-hybridized carbons (Fsp3) is 0.250. The van der Waals surface area contributed by atoms with Crippen LogP contribution in [0.3, 0.4) is 0 Å². The molecule has 0 fully saturated rings. The average Bonchev–Trinajstić information content (AvgIpc) is 3.17. The van der Waals surface area contributed by atoms with Crippen molar-refractivity contribution in [1.29, 1.82) is 0 Å². The Balaban J connectivity index is 1.92. The highest BCUT2D eigenvalue weighted by molar-refractivity contribution is 7.99. The molecule has 0 atom stereocenters. The fourth-order valence-corrected chi connectivity index (χ4v) is 5.97. The van der Waals surface area contributed by atoms with Crippen LogP contribution in [0.1, 0.15) is 19.4 Å². The Bertz CT molecular complexity index is 1530. The summed E-state index contributed by atoms with van der Waals surface area (Å²) in [4.78, 5) is 32.9. The van der Waals surface area contributed by atoms with E-state index in [0.29, 0.717) is 43.3 Å². The van der Waals surface area contributed by atoms with E-state index in [9.17, 15) is 14.0 Å². The van der Waals surface area contributed by atoms with Crippen molar-refractivity contribution in [2.45, 2.75) is 25.9 Å². The van der Waals surface area contributed by atoms with E-state index in [4.69, 9.17) is 28.8 Å². The molecule has 35 heavy (non-hydrogen) atoms. The Hall–Kier alpha value is -2.53. The first-order valence-corrected chi connectivity index (χ1v) is 13.5. The summed E-state index contributed by atoms with van der Waals surface area (Å²) >= 11 is 14.1. The van der Waals surface area contributed by atoms with Crippen LogP contribution in [0.4, 0.5) is 4.39 Å². The lowest BCUT2D eigenvalue weighted by Crippen LogP contribution is -2.32. The largest absolute Gasteiger partial charge is 0.343 e. The number of thiazole rings is 1. The molecular weight excluding hydrogens is 527 g/mol. The van der Waals surface area contributed by atoms with Gasteiger partial charge in [0.1, 0.15) is 10.5 Å². The predicted molar refractivity (Wildman–Crippen MR) is 144 cm³/mol. The molecule has 0 bridgehead atoms. The molecule has 6 nitrogen and oxygen atoms in total. The first kappa shape index (κ1) is 25.6. The van der Waals surface area contributed by atoms with Gasteiger partial charge in [0.2, 0.25) is 5.91 Å². The predicted octanol–water partition coefficient (Wildman–Crippen LogP) is 6.03. The van der Waals surface area contributed by atoms with Crippen LogP contribution in [0.25, 0.3) is 21.7 Å². The molecule has 0 unspecified atom stereocenters. The molecule has 0 aliphatic carbocycles. The summed E-state index contributed by atoms with van der Waals surface area (Å²) in [6, 6.07) is 11.1. The summed E-state index contributed by atoms with van der Waals surface area (Å²) in [6.07, 6.45) is 0. The van der Waals surface area contributed by atoms with Gasteiger partial charge < -0.3 is 4.90 Å². The molecule has 2 heterocycles. The minimum absolute atomic E-state index is 0.0597. The van der Waals surface area contributed by atoms with Crippen molar-refractivity contribution >= 4 is 63.2 Å². The Morgan fingerprint density at radius 3 is 2.43 bits per heavy atom. The summed E-state index contributed by atoms with van der Waals surface area (Å²) in [7, 11) is 0. The van der Waals surface area contributed by atoms with Gasteiger partial charge in [-0.2, -0.15) is 0 Å². The fourth-order valence-electron chi connectivity index (χ4n) is 3.64. The molecule has 0 saturated heterocycles. The number of aryl methyl sites for hydroxylation is 1. The number of aromatic nitrogens is 3. The van der Waals surface area contributed by atoms with Crippen LogP contribution in [0.2, 0.25) is 5.02 Å². The summed E-state index contributed by atoms with van der Waals surface area (Å²) < 4.78 is 17.6. The number of amides is 1. The molecule has 0 N–H and O–H groups in total. The minimum atomic E-state index is -0.415. The Kier molecular flexibility index (Phi) is 7.75. The van der Waals surface area contributed by atoms with Crippen molar-refractivity contribution in [2.24, 2.45) is 0 Å². The Morgan fingerprint density at radius 2 is 1.80 bits per heavy atom. The smallest absolute Gasteiger partial charge is 0.278 e. The highest BCUT2D eigenvalue weighted by Crippen LogP contribution is 2.29. The van der Waals surface area contributed by atoms with E-state index >= 15 is 0 Å². The van der Waals surface area contributed by atoms with Crippen LogP contribution < -0.4 is 5.56 Å². The van der Waals surface area contributed by atoms with E-state index < -0.39 is 5.82 Å². The summed E-state index contributed by atoms with van der Waals surface area (Å²) in [6.45, 7) is 6.90. The second-order valence-corrected chi connectivity index (χ2v) is 10.6. The van der Waals surface area contributed by atoms with Gasteiger partial charge in [-0.05, 0) is 81.0 Å². The van der Waals surface area contributed by atoms with Crippen molar-refractivity contribution in [2.75, 3.05) is 18.8 Å². The monoisotopic (exact) mass is 548 g/mol. The van der Waals surface area contributed by atoms with Crippen LogP contribution in [-0.2, 0) is 4.79 Å². The van der Waals surface area contributed by atoms with Gasteiger partial charge in [-0.15, -0.1) is 0 Å². The number of nitrogens with zero attached hydrogens (tertiary/aromatic N) is 4. The summed E-state index contributed by atoms with van der Waals surface area (Å²) in [5.74, 6) is -0.372. The third-order valence-corrected chi connectivity index (χ3v) is 8.20. The molecule has 0 spiro atoms. The van der Waals surface area contributed by atoms with Gasteiger partial charge in [0, 0.05) is 23.8 Å². The van der Waals surface area contributed by atoms with Crippen LogP contribution in [0.15, 0.2) is 52.4 Å². The normalized spacial score (nSPS) is 11.2. The van der Waals surface area contributed by atoms with Crippen molar-refractivity contribution in [3.05, 3.63) is 73.2 Å². The molecule has 4 rings (SSSR count). The third-order valence-electron chi connectivity index (χ3n) is 5.50. The zero-order chi connectivity index (χ0) is 25.3. The van der Waals surface area contributed by atoms with E-state index in [-0.39, 0.29) is 17.2 Å². The number of halogens is 2. The topological polar surface area (TPSA) is 60.1 Å². The van der Waals surface area contributed by atoms with Crippen LogP contribution in [0, 0.1) is 16.7 Å². The number of thioether (sulfide) groups is 1. The molecule has 0 saturated carbocycles. The third kappa shape index (κ3) is 5.06. The molecule has 0 radical (unpaired) electrons. The number of hydrogen-bond donors (Lipinski definition) is 0. The molecule has 182 valence electrons. The number of rotatable bonds is 7. The quantitative estimate of drug-likeness (QED) is 0.160. The standard InChI is InChI=1S/C24H22ClFN4O2S3/c1-4-28(5-2)19(31)13-34-23-27-21-20(22(32)30(23)16-8-6-15(26)7-9-16)35-24(33)29(21)17-10-11-18(25)14(3)12-17/h6-12H,4-5,13H2,1-3H3. The lowest BCUT2D eigenvalue weighted by Gasteiger charge is -2.19. The maximum Gasteiger partial charge on any atom is 0.278 e. The maximum atomic E-state index is 13.7. The highest BCUT2D eigenvalue weighted by Gasteiger charge is 2.21. The number of fused-ring (bicyclic) bond motifs is 1. The lowest BCUT2D eigenvalue weighted by atomic mass is 10.2. The Morgan fingerprint density at radius 1 is 1.14 bits per heavy atom. The lowest BCUT2D eigenvalue weighted by molar-refractivity contribution is -0.127. The molecule has 2 aromatic heterocycles. The van der Waals surface area contributed by atoms with Gasteiger partial charge in [-0.1, -0.05) is 34.7 Å². The minimum Gasteiger partial charge on any atom is -0.343 e. The second-order valence-electron chi connectivity index (χ2n) is 7.66. The summed E-state index contributed by atoms with van der Waals surface area (Å²) in [5.41, 5.74) is 2.13. The van der Waals surface area contributed by atoms with Crippen molar-refractivity contribution in [3.63, 3.8) is 0 Å². The van der Waals surface area contributed by atoms with E-state index in [1.807, 2.05) is 32.9 Å². The van der Waals surface area contributed by atoms with Gasteiger partial charge in [0.05, 0.1) is 11.4 Å². The van der Waals surface area contributed by atoms with Gasteiger partial charge in [-0.25, -0.2) is 9.37 Å². The van der Waals surface area contributed by atoms with Gasteiger partial charge in [0.25, 0.3) is 5.56 Å². The average molecular weight is 549 g/mol. The van der Waals surface area contributed by atoms with E-state index in [1.54, 1.807) is 15.5 Å². The van der Waals surface area contributed by atoms with Gasteiger partial charge in [-0.3, -0.25) is 18.7 Å². The van der Waals surface area contributed by atoms with Crippen molar-refractivity contribution in [3.8, 4) is 11.4 Å². The van der Waals surface area contributed by atoms with Crippen molar-refractivity contribution in [1.82, 2.24) is 19.0 Å². The molecule has 2 aromatic carbocycles. The zero-order valence-electron chi connectivity index (χ0n) is 19.2. The molecule has 4 aromatic rings. The Labute approximate surface area is 220 Å². The van der Waals surface area contributed by atoms with Crippen LogP contribution in [-0.4, -0.2) is 43.8 Å². The van der Waals surface area contributed by atoms with E-state index in [2.05, 4.69) is 0 Å². The second kappa shape index (κ2) is 10.6. The van der Waals surface area contributed by atoms with Crippen molar-refractivity contribution < 1.29 is 9.18 Å². The number of carbonyl (C=O) groups excluding carboxylic acids is 1. The van der Waals surface area contributed by atoms with E-state index in [0.717, 1.165) is 34.3 Å².